The molecule has 0 aromatic carbocycles. The van der Waals surface area contributed by atoms with Gasteiger partial charge >= 0.3 is 0 Å². The number of thiazole rings is 1. The van der Waals surface area contributed by atoms with Gasteiger partial charge in [-0.1, -0.05) is 0 Å². The van der Waals surface area contributed by atoms with Gasteiger partial charge in [0.05, 0.1) is 23.3 Å². The first kappa shape index (κ1) is 10.4. The molecular weight excluding hydrogens is 234 g/mol. The number of H-pyrrole nitrogens is 1. The van der Waals surface area contributed by atoms with Crippen LogP contribution in [0.1, 0.15) is 18.0 Å². The van der Waals surface area contributed by atoms with Gasteiger partial charge in [-0.25, -0.2) is 9.97 Å². The fourth-order valence-corrected chi connectivity index (χ4v) is 2.35. The largest absolute Gasteiger partial charge is 0.335 e. The molecule has 0 bridgehead atoms. The number of imidazole rings is 1. The molecule has 3 N–H and O–H groups in total. The van der Waals surface area contributed by atoms with Crippen LogP contribution in [0, 0.1) is 0 Å². The highest BCUT2D eigenvalue weighted by atomic mass is 32.1. The van der Waals surface area contributed by atoms with Gasteiger partial charge in [-0.3, -0.25) is 4.98 Å². The van der Waals surface area contributed by atoms with Gasteiger partial charge < -0.3 is 10.7 Å². The van der Waals surface area contributed by atoms with Crippen molar-refractivity contribution in [1.29, 1.82) is 0 Å². The first-order valence-corrected chi connectivity index (χ1v) is 6.13. The van der Waals surface area contributed by atoms with E-state index in [1.54, 1.807) is 23.7 Å². The summed E-state index contributed by atoms with van der Waals surface area (Å²) in [7, 11) is 0. The van der Waals surface area contributed by atoms with Crippen LogP contribution in [0.25, 0.3) is 22.6 Å². The van der Waals surface area contributed by atoms with Crippen molar-refractivity contribution in [3.05, 3.63) is 28.8 Å². The molecule has 0 radical (unpaired) electrons. The van der Waals surface area contributed by atoms with E-state index in [4.69, 9.17) is 5.73 Å². The van der Waals surface area contributed by atoms with Crippen molar-refractivity contribution < 1.29 is 0 Å². The molecule has 0 aliphatic rings. The second-order valence-electron chi connectivity index (χ2n) is 3.84. The van der Waals surface area contributed by atoms with Crippen molar-refractivity contribution in [2.75, 3.05) is 0 Å². The van der Waals surface area contributed by atoms with Crippen LogP contribution in [0.15, 0.2) is 23.8 Å². The molecule has 0 fully saturated rings. The Morgan fingerprint density at radius 1 is 1.41 bits per heavy atom. The smallest absolute Gasteiger partial charge is 0.158 e. The standard InChI is InChI=1S/C11H11N5S/c1-6(12)11-16-9(5-17-11)10-14-7-2-3-13-4-8(7)15-10/h2-6H,12H2,1H3,(H,14,15). The molecule has 3 aromatic rings. The number of nitrogens with one attached hydrogen (secondary N) is 1. The highest BCUT2D eigenvalue weighted by Crippen LogP contribution is 2.24. The normalized spacial score (nSPS) is 13.1. The molecule has 3 aromatic heterocycles. The molecule has 0 saturated carbocycles. The maximum Gasteiger partial charge on any atom is 0.158 e. The fraction of sp³-hybridized carbons (Fsp3) is 0.182. The second kappa shape index (κ2) is 3.90. The van der Waals surface area contributed by atoms with Gasteiger partial charge in [0.25, 0.3) is 0 Å². The summed E-state index contributed by atoms with van der Waals surface area (Å²) in [4.78, 5) is 16.2. The number of fused-ring (bicyclic) bond motifs is 1. The van der Waals surface area contributed by atoms with Gasteiger partial charge in [0.1, 0.15) is 10.7 Å². The summed E-state index contributed by atoms with van der Waals surface area (Å²) in [6.45, 7) is 1.92. The van der Waals surface area contributed by atoms with Crippen molar-refractivity contribution in [2.24, 2.45) is 5.73 Å². The van der Waals surface area contributed by atoms with E-state index in [0.717, 1.165) is 27.6 Å². The van der Waals surface area contributed by atoms with E-state index in [9.17, 15) is 0 Å². The van der Waals surface area contributed by atoms with Gasteiger partial charge in [0, 0.05) is 11.6 Å². The van der Waals surface area contributed by atoms with Crippen LogP contribution in [0.5, 0.6) is 0 Å². The van der Waals surface area contributed by atoms with E-state index < -0.39 is 0 Å². The Bertz CT molecular complexity index is 621. The van der Waals surface area contributed by atoms with Crippen molar-refractivity contribution in [1.82, 2.24) is 19.9 Å². The van der Waals surface area contributed by atoms with Gasteiger partial charge in [-0.2, -0.15) is 0 Å². The van der Waals surface area contributed by atoms with E-state index >= 15 is 0 Å². The van der Waals surface area contributed by atoms with E-state index in [1.807, 2.05) is 18.4 Å². The number of nitrogens with zero attached hydrogens (tertiary/aromatic N) is 3. The number of aromatic nitrogens is 4. The lowest BCUT2D eigenvalue weighted by atomic mass is 10.4. The molecule has 1 atom stereocenters. The highest BCUT2D eigenvalue weighted by molar-refractivity contribution is 7.10. The minimum Gasteiger partial charge on any atom is -0.335 e. The highest BCUT2D eigenvalue weighted by Gasteiger charge is 2.11. The van der Waals surface area contributed by atoms with E-state index in [-0.39, 0.29) is 6.04 Å². The predicted octanol–water partition coefficient (Wildman–Crippen LogP) is 2.10. The monoisotopic (exact) mass is 245 g/mol. The van der Waals surface area contributed by atoms with Crippen LogP contribution in [0.4, 0.5) is 0 Å². The van der Waals surface area contributed by atoms with Gasteiger partial charge in [0.15, 0.2) is 5.82 Å². The van der Waals surface area contributed by atoms with Crippen molar-refractivity contribution in [3.63, 3.8) is 0 Å². The SMILES string of the molecule is CC(N)c1nc(-c2nc3ccncc3[nH]2)cs1. The van der Waals surface area contributed by atoms with Crippen LogP contribution in [0.3, 0.4) is 0 Å². The molecule has 0 spiro atoms. The van der Waals surface area contributed by atoms with Crippen molar-refractivity contribution in [3.8, 4) is 11.5 Å². The van der Waals surface area contributed by atoms with E-state index in [1.165, 1.54) is 0 Å². The maximum absolute atomic E-state index is 5.79. The third-order valence-electron chi connectivity index (χ3n) is 2.44. The summed E-state index contributed by atoms with van der Waals surface area (Å²) in [5, 5.41) is 2.88. The maximum atomic E-state index is 5.79. The molecular formula is C11H11N5S. The average Bonchev–Trinajstić information content (AvgIpc) is 2.95. The zero-order chi connectivity index (χ0) is 11.8. The van der Waals surface area contributed by atoms with E-state index in [2.05, 4.69) is 19.9 Å². The third kappa shape index (κ3) is 1.81. The first-order chi connectivity index (χ1) is 8.24. The molecule has 0 aliphatic carbocycles. The lowest BCUT2D eigenvalue weighted by molar-refractivity contribution is 0.807. The van der Waals surface area contributed by atoms with E-state index in [0.29, 0.717) is 0 Å². The molecule has 0 aliphatic heterocycles. The number of rotatable bonds is 2. The van der Waals surface area contributed by atoms with Crippen LogP contribution < -0.4 is 5.73 Å². The summed E-state index contributed by atoms with van der Waals surface area (Å²) >= 11 is 1.55. The Hall–Kier alpha value is -1.79. The quantitative estimate of drug-likeness (QED) is 0.724. The van der Waals surface area contributed by atoms with Crippen LogP contribution >= 0.6 is 11.3 Å². The third-order valence-corrected chi connectivity index (χ3v) is 3.48. The fourth-order valence-electron chi connectivity index (χ4n) is 1.58. The Balaban J connectivity index is 2.07. The molecule has 3 rings (SSSR count). The van der Waals surface area contributed by atoms with Crippen molar-refractivity contribution in [2.45, 2.75) is 13.0 Å². The molecule has 0 amide bonds. The molecule has 6 heteroatoms. The summed E-state index contributed by atoms with van der Waals surface area (Å²) < 4.78 is 0. The minimum atomic E-state index is -0.0419. The summed E-state index contributed by atoms with van der Waals surface area (Å²) in [5.41, 5.74) is 8.43. The number of hydrogen-bond acceptors (Lipinski definition) is 5. The van der Waals surface area contributed by atoms with Gasteiger partial charge in [-0.05, 0) is 13.0 Å². The molecule has 3 heterocycles. The Kier molecular flexibility index (Phi) is 2.38. The zero-order valence-corrected chi connectivity index (χ0v) is 10.0. The Morgan fingerprint density at radius 3 is 3.00 bits per heavy atom. The molecule has 86 valence electrons. The summed E-state index contributed by atoms with van der Waals surface area (Å²) in [6.07, 6.45) is 3.48. The van der Waals surface area contributed by atoms with Gasteiger partial charge in [-0.15, -0.1) is 11.3 Å². The first-order valence-electron chi connectivity index (χ1n) is 5.25. The lowest BCUT2D eigenvalue weighted by Crippen LogP contribution is -2.03. The number of pyridine rings is 1. The Morgan fingerprint density at radius 2 is 2.29 bits per heavy atom. The summed E-state index contributed by atoms with van der Waals surface area (Å²) in [6, 6.07) is 1.83. The summed E-state index contributed by atoms with van der Waals surface area (Å²) in [5.74, 6) is 0.760. The molecule has 17 heavy (non-hydrogen) atoms. The topological polar surface area (TPSA) is 80.5 Å². The minimum absolute atomic E-state index is 0.0419. The molecule has 0 saturated heterocycles. The molecule has 5 nitrogen and oxygen atoms in total. The second-order valence-corrected chi connectivity index (χ2v) is 4.73. The van der Waals surface area contributed by atoms with Crippen molar-refractivity contribution >= 4 is 22.4 Å². The van der Waals surface area contributed by atoms with Crippen LogP contribution in [-0.4, -0.2) is 19.9 Å². The van der Waals surface area contributed by atoms with Gasteiger partial charge in [0.2, 0.25) is 0 Å². The average molecular weight is 245 g/mol. The predicted molar refractivity (Wildman–Crippen MR) is 67.6 cm³/mol. The van der Waals surface area contributed by atoms with Crippen LogP contribution in [0.2, 0.25) is 0 Å². The number of aromatic amines is 1. The molecule has 1 unspecified atom stereocenters. The zero-order valence-electron chi connectivity index (χ0n) is 9.21. The lowest BCUT2D eigenvalue weighted by Gasteiger charge is -1.96. The Labute approximate surface area is 102 Å². The number of hydrogen-bond donors (Lipinski definition) is 2. The van der Waals surface area contributed by atoms with Crippen LogP contribution in [-0.2, 0) is 0 Å². The number of nitrogens with two attached hydrogens (primary N) is 1.